The molecule has 0 fully saturated rings. The quantitative estimate of drug-likeness (QED) is 0.132. The molecule has 14 heteroatoms. The van der Waals surface area contributed by atoms with Crippen molar-refractivity contribution in [2.75, 3.05) is 40.8 Å². The molecule has 0 saturated carbocycles. The van der Waals surface area contributed by atoms with E-state index in [9.17, 15) is 29.1 Å². The number of hydrogen-bond acceptors (Lipinski definition) is 10. The standard InChI is InChI=1S/C13H23N5O6.C2H5NO.C2H7N/c1-7(20)12(18-10(22)4-15-2)13(24)16-5-11(23)17-8(6-19)3-9(14)21;3-1-2-4;1-3-2/h6-8,12,15,20H,3-5H2,1-2H3,(H2,14,21)(H,16,24)(H,17,23)(H,18,22);2H,1,3H2;3H,1-2H3. The molecule has 0 aliphatic rings. The van der Waals surface area contributed by atoms with Crippen LogP contribution in [0.3, 0.4) is 0 Å². The largest absolute Gasteiger partial charge is 0.391 e. The molecule has 14 nitrogen and oxygen atoms in total. The van der Waals surface area contributed by atoms with Gasteiger partial charge in [-0.05, 0) is 28.1 Å². The molecule has 0 rings (SSSR count). The number of carbonyl (C=O) groups excluding carboxylic acids is 6. The Balaban J connectivity index is -0.000000971. The molecule has 0 aliphatic heterocycles. The van der Waals surface area contributed by atoms with Gasteiger partial charge in [-0.2, -0.15) is 0 Å². The third-order valence-corrected chi connectivity index (χ3v) is 2.87. The molecular weight excluding hydrogens is 414 g/mol. The lowest BCUT2D eigenvalue weighted by molar-refractivity contribution is -0.132. The summed E-state index contributed by atoms with van der Waals surface area (Å²) in [6.07, 6.45) is -0.549. The minimum Gasteiger partial charge on any atom is -0.391 e. The van der Waals surface area contributed by atoms with Crippen LogP contribution in [0.1, 0.15) is 13.3 Å². The molecule has 0 aliphatic carbocycles. The van der Waals surface area contributed by atoms with Crippen molar-refractivity contribution in [2.24, 2.45) is 11.5 Å². The third-order valence-electron chi connectivity index (χ3n) is 2.87. The molecule has 0 bridgehead atoms. The van der Waals surface area contributed by atoms with Crippen molar-refractivity contribution in [1.82, 2.24) is 26.6 Å². The average Bonchev–Trinajstić information content (AvgIpc) is 2.70. The summed E-state index contributed by atoms with van der Waals surface area (Å²) in [6.45, 7) is 0.886. The first-order valence-electron chi connectivity index (χ1n) is 9.19. The van der Waals surface area contributed by atoms with Gasteiger partial charge in [-0.15, -0.1) is 0 Å². The second-order valence-electron chi connectivity index (χ2n) is 5.92. The first-order chi connectivity index (χ1) is 14.5. The fourth-order valence-corrected chi connectivity index (χ4v) is 1.68. The van der Waals surface area contributed by atoms with Gasteiger partial charge in [0.05, 0.1) is 31.7 Å². The maximum Gasteiger partial charge on any atom is 0.245 e. The molecule has 0 aromatic heterocycles. The highest BCUT2D eigenvalue weighted by Crippen LogP contribution is 1.93. The van der Waals surface area contributed by atoms with E-state index in [-0.39, 0.29) is 19.5 Å². The zero-order valence-corrected chi connectivity index (χ0v) is 18.3. The van der Waals surface area contributed by atoms with Crippen molar-refractivity contribution in [2.45, 2.75) is 31.5 Å². The van der Waals surface area contributed by atoms with Crippen molar-refractivity contribution < 1.29 is 33.9 Å². The Morgan fingerprint density at radius 3 is 1.84 bits per heavy atom. The Hall–Kier alpha value is -2.94. The van der Waals surface area contributed by atoms with E-state index in [0.717, 1.165) is 0 Å². The van der Waals surface area contributed by atoms with Crippen LogP contribution in [0.5, 0.6) is 0 Å². The Labute approximate surface area is 181 Å². The van der Waals surface area contributed by atoms with Gasteiger partial charge in [-0.1, -0.05) is 0 Å². The third kappa shape index (κ3) is 21.6. The van der Waals surface area contributed by atoms with Crippen LogP contribution in [0.4, 0.5) is 0 Å². The van der Waals surface area contributed by atoms with Crippen molar-refractivity contribution in [3.63, 3.8) is 0 Å². The van der Waals surface area contributed by atoms with Gasteiger partial charge < -0.3 is 52.7 Å². The number of primary amides is 1. The predicted molar refractivity (Wildman–Crippen MR) is 112 cm³/mol. The number of likely N-dealkylation sites (N-methyl/N-ethyl adjacent to an activating group) is 1. The van der Waals surface area contributed by atoms with Gasteiger partial charge in [-0.3, -0.25) is 19.2 Å². The summed E-state index contributed by atoms with van der Waals surface area (Å²) in [5, 5.41) is 21.6. The second kappa shape index (κ2) is 21.8. The summed E-state index contributed by atoms with van der Waals surface area (Å²) in [5.41, 5.74) is 9.58. The summed E-state index contributed by atoms with van der Waals surface area (Å²) < 4.78 is 0. The van der Waals surface area contributed by atoms with E-state index >= 15 is 0 Å². The Morgan fingerprint density at radius 1 is 1.00 bits per heavy atom. The topological polar surface area (TPSA) is 235 Å². The van der Waals surface area contributed by atoms with Gasteiger partial charge in [-0.25, -0.2) is 0 Å². The molecule has 0 spiro atoms. The maximum absolute atomic E-state index is 11.9. The molecule has 3 atom stereocenters. The van der Waals surface area contributed by atoms with Crippen LogP contribution in [0, 0.1) is 0 Å². The van der Waals surface area contributed by atoms with Crippen LogP contribution < -0.4 is 38.1 Å². The van der Waals surface area contributed by atoms with E-state index < -0.39 is 48.4 Å². The lowest BCUT2D eigenvalue weighted by Crippen LogP contribution is -2.55. The summed E-state index contributed by atoms with van der Waals surface area (Å²) in [4.78, 5) is 65.5. The van der Waals surface area contributed by atoms with Crippen LogP contribution in [0.15, 0.2) is 0 Å². The fraction of sp³-hybridized carbons (Fsp3) is 0.647. The number of nitrogens with one attached hydrogen (secondary N) is 5. The van der Waals surface area contributed by atoms with Crippen molar-refractivity contribution >= 4 is 36.2 Å². The zero-order valence-electron chi connectivity index (χ0n) is 18.3. The first-order valence-corrected chi connectivity index (χ1v) is 9.19. The van der Waals surface area contributed by atoms with Gasteiger partial charge in [0.25, 0.3) is 0 Å². The highest BCUT2D eigenvalue weighted by Gasteiger charge is 2.25. The molecule has 0 radical (unpaired) electrons. The van der Waals surface area contributed by atoms with E-state index in [4.69, 9.17) is 10.5 Å². The van der Waals surface area contributed by atoms with E-state index in [1.54, 1.807) is 0 Å². The van der Waals surface area contributed by atoms with E-state index in [1.165, 1.54) is 14.0 Å². The van der Waals surface area contributed by atoms with Gasteiger partial charge in [0.15, 0.2) is 0 Å². The molecular formula is C17H35N7O7. The average molecular weight is 450 g/mol. The van der Waals surface area contributed by atoms with Crippen molar-refractivity contribution in [3.05, 3.63) is 0 Å². The Kier molecular flexibility index (Phi) is 23.0. The molecule has 180 valence electrons. The van der Waals surface area contributed by atoms with Gasteiger partial charge in [0, 0.05) is 6.54 Å². The Bertz CT molecular complexity index is 559. The molecule has 31 heavy (non-hydrogen) atoms. The number of aldehydes is 2. The first kappa shape index (κ1) is 32.7. The van der Waals surface area contributed by atoms with Crippen LogP contribution >= 0.6 is 0 Å². The smallest absolute Gasteiger partial charge is 0.245 e. The summed E-state index contributed by atoms with van der Waals surface area (Å²) in [5.74, 6) is -2.78. The minimum absolute atomic E-state index is 0.0505. The maximum atomic E-state index is 11.9. The zero-order chi connectivity index (χ0) is 24.8. The van der Waals surface area contributed by atoms with Crippen LogP contribution in [-0.4, -0.2) is 100 Å². The fourth-order valence-electron chi connectivity index (χ4n) is 1.68. The van der Waals surface area contributed by atoms with Gasteiger partial charge in [0.2, 0.25) is 23.6 Å². The molecule has 0 saturated heterocycles. The van der Waals surface area contributed by atoms with Crippen LogP contribution in [0.25, 0.3) is 0 Å². The lowest BCUT2D eigenvalue weighted by Gasteiger charge is -2.21. The van der Waals surface area contributed by atoms with E-state index in [2.05, 4.69) is 32.3 Å². The SMILES string of the molecule is CNC.CNCC(=O)NC(C(=O)NCC(=O)NC(C=O)CC(N)=O)C(C)O.NCC=O. The number of aliphatic hydroxyl groups excluding tert-OH is 1. The molecule has 0 aromatic rings. The van der Waals surface area contributed by atoms with Crippen molar-refractivity contribution in [3.8, 4) is 0 Å². The highest BCUT2D eigenvalue weighted by atomic mass is 16.3. The molecule has 10 N–H and O–H groups in total. The number of rotatable bonds is 12. The normalized spacial score (nSPS) is 12.2. The van der Waals surface area contributed by atoms with E-state index in [1.807, 2.05) is 14.1 Å². The number of carbonyl (C=O) groups is 6. The van der Waals surface area contributed by atoms with Crippen LogP contribution in [0.2, 0.25) is 0 Å². The van der Waals surface area contributed by atoms with Gasteiger partial charge >= 0.3 is 0 Å². The Morgan fingerprint density at radius 2 is 1.48 bits per heavy atom. The van der Waals surface area contributed by atoms with Crippen LogP contribution in [-0.2, 0) is 28.8 Å². The predicted octanol–water partition coefficient (Wildman–Crippen LogP) is -5.27. The summed E-state index contributed by atoms with van der Waals surface area (Å²) >= 11 is 0. The van der Waals surface area contributed by atoms with E-state index in [0.29, 0.717) is 12.6 Å². The highest BCUT2D eigenvalue weighted by molar-refractivity contribution is 5.92. The number of aliphatic hydroxyl groups is 1. The summed E-state index contributed by atoms with van der Waals surface area (Å²) in [6, 6.07) is -2.33. The summed E-state index contributed by atoms with van der Waals surface area (Å²) in [7, 11) is 5.29. The minimum atomic E-state index is -1.24. The molecule has 3 unspecified atom stereocenters. The monoisotopic (exact) mass is 449 g/mol. The lowest BCUT2D eigenvalue weighted by atomic mass is 10.1. The van der Waals surface area contributed by atoms with Crippen molar-refractivity contribution in [1.29, 1.82) is 0 Å². The molecule has 0 heterocycles. The van der Waals surface area contributed by atoms with Gasteiger partial charge in [0.1, 0.15) is 18.6 Å². The number of amides is 4. The number of hydrogen-bond donors (Lipinski definition) is 8. The molecule has 4 amide bonds. The number of nitrogens with two attached hydrogens (primary N) is 2. The molecule has 0 aromatic carbocycles. The second-order valence-corrected chi connectivity index (χ2v) is 5.92.